The molecule has 0 saturated carbocycles. The summed E-state index contributed by atoms with van der Waals surface area (Å²) in [5.74, 6) is 2.75. The van der Waals surface area contributed by atoms with Gasteiger partial charge in [-0.2, -0.15) is 0 Å². The average Bonchev–Trinajstić information content (AvgIpc) is 3.12. The quantitative estimate of drug-likeness (QED) is 0.402. The average molecular weight is 447 g/mol. The second-order valence-corrected chi connectivity index (χ2v) is 5.78. The van der Waals surface area contributed by atoms with Gasteiger partial charge in [0.15, 0.2) is 11.7 Å². The van der Waals surface area contributed by atoms with Gasteiger partial charge in [0.2, 0.25) is 0 Å². The van der Waals surface area contributed by atoms with E-state index in [9.17, 15) is 0 Å². The zero-order chi connectivity index (χ0) is 16.8. The summed E-state index contributed by atoms with van der Waals surface area (Å²) < 4.78 is 10.5. The first kappa shape index (κ1) is 20.5. The normalized spacial score (nSPS) is 11.5. The molecule has 0 aromatic carbocycles. The van der Waals surface area contributed by atoms with Gasteiger partial charge in [-0.05, 0) is 26.2 Å². The number of nitrogens with zero attached hydrogens (tertiary/aromatic N) is 3. The van der Waals surface area contributed by atoms with Gasteiger partial charge in [-0.15, -0.1) is 24.0 Å². The topological polar surface area (TPSA) is 88.5 Å². The molecule has 0 amide bonds. The molecule has 0 saturated heterocycles. The Morgan fingerprint density at radius 1 is 1.21 bits per heavy atom. The van der Waals surface area contributed by atoms with Crippen LogP contribution < -0.4 is 10.6 Å². The molecule has 2 rings (SSSR count). The van der Waals surface area contributed by atoms with Crippen molar-refractivity contribution in [1.82, 2.24) is 20.9 Å². The van der Waals surface area contributed by atoms with E-state index in [2.05, 4.69) is 39.8 Å². The maximum Gasteiger partial charge on any atom is 0.191 e. The van der Waals surface area contributed by atoms with E-state index in [4.69, 9.17) is 9.05 Å². The van der Waals surface area contributed by atoms with Crippen LogP contribution in [-0.2, 0) is 13.0 Å². The van der Waals surface area contributed by atoms with Gasteiger partial charge >= 0.3 is 0 Å². The molecule has 0 radical (unpaired) electrons. The molecule has 24 heavy (non-hydrogen) atoms. The molecular formula is C16H26IN5O2. The molecule has 0 atom stereocenters. The lowest BCUT2D eigenvalue weighted by molar-refractivity contribution is 0.372. The van der Waals surface area contributed by atoms with Crippen molar-refractivity contribution in [2.24, 2.45) is 4.99 Å². The van der Waals surface area contributed by atoms with Crippen molar-refractivity contribution in [3.8, 4) is 0 Å². The minimum absolute atomic E-state index is 0. The summed E-state index contributed by atoms with van der Waals surface area (Å²) in [7, 11) is 1.74. The summed E-state index contributed by atoms with van der Waals surface area (Å²) in [4.78, 5) is 4.20. The Balaban J connectivity index is 0.00000288. The van der Waals surface area contributed by atoms with Crippen LogP contribution in [0.3, 0.4) is 0 Å². The van der Waals surface area contributed by atoms with Crippen LogP contribution in [0, 0.1) is 13.8 Å². The van der Waals surface area contributed by atoms with Gasteiger partial charge in [-0.25, -0.2) is 0 Å². The Hall–Kier alpha value is -1.58. The predicted molar refractivity (Wildman–Crippen MR) is 104 cm³/mol. The number of guanidine groups is 1. The molecule has 0 unspecified atom stereocenters. The third-order valence-electron chi connectivity index (χ3n) is 3.67. The van der Waals surface area contributed by atoms with Crippen molar-refractivity contribution in [1.29, 1.82) is 0 Å². The maximum atomic E-state index is 5.30. The van der Waals surface area contributed by atoms with E-state index in [1.807, 2.05) is 19.9 Å². The van der Waals surface area contributed by atoms with E-state index in [0.29, 0.717) is 12.5 Å². The highest BCUT2D eigenvalue weighted by Gasteiger charge is 2.10. The molecule has 0 bridgehead atoms. The first-order chi connectivity index (χ1) is 11.0. The monoisotopic (exact) mass is 447 g/mol. The highest BCUT2D eigenvalue weighted by atomic mass is 127. The van der Waals surface area contributed by atoms with Gasteiger partial charge < -0.3 is 19.7 Å². The van der Waals surface area contributed by atoms with Crippen molar-refractivity contribution < 1.29 is 9.05 Å². The standard InChI is InChI=1S/C16H25N5O2.HI/c1-10(2)15-8-13(23-21-15)9-19-16(17-5)18-7-6-14-11(3)20-22-12(14)4;/h8,10H,6-7,9H2,1-5H3,(H2,17,18,19);1H. The summed E-state index contributed by atoms with van der Waals surface area (Å²) in [6, 6.07) is 1.97. The summed E-state index contributed by atoms with van der Waals surface area (Å²) in [5, 5.41) is 14.5. The van der Waals surface area contributed by atoms with E-state index >= 15 is 0 Å². The molecule has 8 heteroatoms. The van der Waals surface area contributed by atoms with Crippen LogP contribution in [0.25, 0.3) is 0 Å². The molecule has 0 aliphatic heterocycles. The molecule has 2 N–H and O–H groups in total. The SMILES string of the molecule is CN=C(NCCc1c(C)noc1C)NCc1cc(C(C)C)no1.I. The largest absolute Gasteiger partial charge is 0.361 e. The number of aliphatic imine (C=N–C) groups is 1. The lowest BCUT2D eigenvalue weighted by atomic mass is 10.1. The summed E-state index contributed by atoms with van der Waals surface area (Å²) in [6.07, 6.45) is 0.835. The summed E-state index contributed by atoms with van der Waals surface area (Å²) >= 11 is 0. The van der Waals surface area contributed by atoms with E-state index < -0.39 is 0 Å². The minimum atomic E-state index is 0. The molecule has 7 nitrogen and oxygen atoms in total. The van der Waals surface area contributed by atoms with E-state index in [0.717, 1.165) is 47.4 Å². The van der Waals surface area contributed by atoms with Crippen LogP contribution in [0.15, 0.2) is 20.1 Å². The van der Waals surface area contributed by atoms with Crippen LogP contribution in [0.4, 0.5) is 0 Å². The summed E-state index contributed by atoms with van der Waals surface area (Å²) in [6.45, 7) is 9.35. The summed E-state index contributed by atoms with van der Waals surface area (Å²) in [5.41, 5.74) is 3.04. The highest BCUT2D eigenvalue weighted by Crippen LogP contribution is 2.14. The number of aryl methyl sites for hydroxylation is 2. The third kappa shape index (κ3) is 5.50. The fraction of sp³-hybridized carbons (Fsp3) is 0.562. The zero-order valence-electron chi connectivity index (χ0n) is 14.8. The number of hydrogen-bond acceptors (Lipinski definition) is 5. The first-order valence-electron chi connectivity index (χ1n) is 7.83. The van der Waals surface area contributed by atoms with Gasteiger partial charge in [0, 0.05) is 25.2 Å². The van der Waals surface area contributed by atoms with Crippen molar-refractivity contribution in [3.63, 3.8) is 0 Å². The Bertz CT molecular complexity index is 644. The molecule has 0 fully saturated rings. The first-order valence-corrected chi connectivity index (χ1v) is 7.83. The number of aromatic nitrogens is 2. The number of rotatable bonds is 6. The van der Waals surface area contributed by atoms with E-state index in [-0.39, 0.29) is 24.0 Å². The third-order valence-corrected chi connectivity index (χ3v) is 3.67. The van der Waals surface area contributed by atoms with Crippen LogP contribution in [0.1, 0.15) is 48.2 Å². The molecule has 2 aromatic heterocycles. The van der Waals surface area contributed by atoms with Crippen LogP contribution in [-0.4, -0.2) is 29.9 Å². The Kier molecular flexibility index (Phi) is 8.23. The Morgan fingerprint density at radius 2 is 1.96 bits per heavy atom. The smallest absolute Gasteiger partial charge is 0.191 e. The molecule has 0 aliphatic carbocycles. The van der Waals surface area contributed by atoms with Crippen LogP contribution in [0.5, 0.6) is 0 Å². The second-order valence-electron chi connectivity index (χ2n) is 5.78. The Morgan fingerprint density at radius 3 is 2.50 bits per heavy atom. The van der Waals surface area contributed by atoms with E-state index in [1.54, 1.807) is 7.05 Å². The fourth-order valence-corrected chi connectivity index (χ4v) is 2.24. The zero-order valence-corrected chi connectivity index (χ0v) is 17.2. The van der Waals surface area contributed by atoms with Gasteiger partial charge in [0.1, 0.15) is 5.76 Å². The van der Waals surface area contributed by atoms with Crippen molar-refractivity contribution in [2.75, 3.05) is 13.6 Å². The van der Waals surface area contributed by atoms with Crippen molar-refractivity contribution in [3.05, 3.63) is 34.5 Å². The lowest BCUT2D eigenvalue weighted by Gasteiger charge is -2.10. The van der Waals surface area contributed by atoms with Gasteiger partial charge in [-0.3, -0.25) is 4.99 Å². The molecule has 2 heterocycles. The molecule has 2 aromatic rings. The minimum Gasteiger partial charge on any atom is -0.361 e. The molecule has 134 valence electrons. The Labute approximate surface area is 159 Å². The van der Waals surface area contributed by atoms with Crippen LogP contribution >= 0.6 is 24.0 Å². The number of hydrogen-bond donors (Lipinski definition) is 2. The fourth-order valence-electron chi connectivity index (χ4n) is 2.24. The van der Waals surface area contributed by atoms with E-state index in [1.165, 1.54) is 0 Å². The predicted octanol–water partition coefficient (Wildman–Crippen LogP) is 2.93. The highest BCUT2D eigenvalue weighted by molar-refractivity contribution is 14.0. The van der Waals surface area contributed by atoms with Crippen LogP contribution in [0.2, 0.25) is 0 Å². The van der Waals surface area contributed by atoms with Crippen molar-refractivity contribution in [2.45, 2.75) is 46.6 Å². The number of nitrogens with one attached hydrogen (secondary N) is 2. The number of halogens is 1. The molecular weight excluding hydrogens is 421 g/mol. The van der Waals surface area contributed by atoms with Crippen molar-refractivity contribution >= 4 is 29.9 Å². The molecule has 0 aliphatic rings. The molecule has 0 spiro atoms. The van der Waals surface area contributed by atoms with Gasteiger partial charge in [0.05, 0.1) is 17.9 Å². The maximum absolute atomic E-state index is 5.30. The van der Waals surface area contributed by atoms with Gasteiger partial charge in [-0.1, -0.05) is 24.2 Å². The van der Waals surface area contributed by atoms with Gasteiger partial charge in [0.25, 0.3) is 0 Å². The second kappa shape index (κ2) is 9.65. The lowest BCUT2D eigenvalue weighted by Crippen LogP contribution is -2.37.